The Bertz CT molecular complexity index is 909. The fourth-order valence-electron chi connectivity index (χ4n) is 2.09. The molecule has 0 atom stereocenters. The normalized spacial score (nSPS) is 10.9. The van der Waals surface area contributed by atoms with Crippen LogP contribution in [-0.4, -0.2) is 17.8 Å². The van der Waals surface area contributed by atoms with E-state index in [1.165, 1.54) is 24.3 Å². The lowest BCUT2D eigenvalue weighted by Gasteiger charge is -2.07. The predicted molar refractivity (Wildman–Crippen MR) is 109 cm³/mol. The van der Waals surface area contributed by atoms with Crippen molar-refractivity contribution in [3.63, 3.8) is 0 Å². The lowest BCUT2D eigenvalue weighted by atomic mass is 10.0. The Kier molecular flexibility index (Phi) is 6.49. The summed E-state index contributed by atoms with van der Waals surface area (Å²) < 4.78 is 6.97. The van der Waals surface area contributed by atoms with Gasteiger partial charge in [0.2, 0.25) is 5.78 Å². The number of carbonyl (C=O) groups excluding carboxylic acids is 1. The molecule has 126 valence electrons. The highest BCUT2D eigenvalue weighted by molar-refractivity contribution is 14.1. The number of hydrogen-bond donors (Lipinski definition) is 0. The number of methoxy groups -OCH3 is 1. The first-order chi connectivity index (χ1) is 11.9. The summed E-state index contributed by atoms with van der Waals surface area (Å²) >= 11 is 4.22. The minimum Gasteiger partial charge on any atom is -0.495 e. The van der Waals surface area contributed by atoms with E-state index >= 15 is 0 Å². The van der Waals surface area contributed by atoms with Gasteiger partial charge in [-0.2, -0.15) is 5.26 Å². The van der Waals surface area contributed by atoms with Crippen molar-refractivity contribution in [2.75, 3.05) is 7.11 Å². The number of nitrogens with zero attached hydrogens (tertiary/aromatic N) is 2. The van der Waals surface area contributed by atoms with E-state index in [-0.39, 0.29) is 16.8 Å². The zero-order valence-corrected chi connectivity index (χ0v) is 17.1. The molecule has 6 nitrogen and oxygen atoms in total. The average molecular weight is 560 g/mol. The molecule has 0 unspecified atom stereocenters. The largest absolute Gasteiger partial charge is 0.495 e. The van der Waals surface area contributed by atoms with Crippen molar-refractivity contribution in [3.8, 4) is 11.8 Å². The van der Waals surface area contributed by atoms with Crippen LogP contribution in [0.2, 0.25) is 0 Å². The predicted octanol–water partition coefficient (Wildman–Crippen LogP) is 4.60. The fourth-order valence-corrected chi connectivity index (χ4v) is 4.35. The number of ketones is 1. The van der Waals surface area contributed by atoms with Gasteiger partial charge in [-0.05, 0) is 69.0 Å². The number of nitro groups is 1. The van der Waals surface area contributed by atoms with Gasteiger partial charge in [-0.15, -0.1) is 0 Å². The van der Waals surface area contributed by atoms with Gasteiger partial charge in [0.15, 0.2) is 0 Å². The summed E-state index contributed by atoms with van der Waals surface area (Å²) in [5.41, 5.74) is 0.471. The fraction of sp³-hybridized carbons (Fsp3) is 0.0588. The van der Waals surface area contributed by atoms with Gasteiger partial charge < -0.3 is 4.74 Å². The molecule has 0 fully saturated rings. The summed E-state index contributed by atoms with van der Waals surface area (Å²) in [4.78, 5) is 22.8. The Morgan fingerprint density at radius 1 is 1.28 bits per heavy atom. The molecule has 0 saturated heterocycles. The van der Waals surface area contributed by atoms with E-state index < -0.39 is 10.7 Å². The van der Waals surface area contributed by atoms with Gasteiger partial charge in [-0.3, -0.25) is 14.9 Å². The van der Waals surface area contributed by atoms with Gasteiger partial charge in [-0.25, -0.2) is 0 Å². The molecule has 0 aliphatic heterocycles. The maximum absolute atomic E-state index is 12.5. The number of non-ortho nitro benzene ring substituents is 1. The highest BCUT2D eigenvalue weighted by Gasteiger charge is 2.16. The third kappa shape index (κ3) is 4.55. The van der Waals surface area contributed by atoms with Crippen LogP contribution in [0.25, 0.3) is 6.08 Å². The zero-order chi connectivity index (χ0) is 18.6. The van der Waals surface area contributed by atoms with E-state index in [1.54, 1.807) is 19.2 Å². The number of rotatable bonds is 5. The molecule has 2 rings (SSSR count). The van der Waals surface area contributed by atoms with E-state index in [2.05, 4.69) is 45.2 Å². The molecule has 0 radical (unpaired) electrons. The van der Waals surface area contributed by atoms with Gasteiger partial charge in [0, 0.05) is 17.7 Å². The number of carbonyl (C=O) groups is 1. The molecule has 0 bridgehead atoms. The van der Waals surface area contributed by atoms with E-state index in [0.29, 0.717) is 5.56 Å². The van der Waals surface area contributed by atoms with Gasteiger partial charge >= 0.3 is 0 Å². The summed E-state index contributed by atoms with van der Waals surface area (Å²) in [6.45, 7) is 0. The molecule has 0 aliphatic carbocycles. The van der Waals surface area contributed by atoms with Crippen LogP contribution < -0.4 is 4.74 Å². The lowest BCUT2D eigenvalue weighted by molar-refractivity contribution is -0.384. The van der Waals surface area contributed by atoms with Gasteiger partial charge in [-0.1, -0.05) is 12.1 Å². The molecule has 2 aromatic carbocycles. The minimum atomic E-state index is -0.583. The molecule has 0 aromatic heterocycles. The lowest BCUT2D eigenvalue weighted by Crippen LogP contribution is -2.03. The monoisotopic (exact) mass is 560 g/mol. The van der Waals surface area contributed by atoms with Crippen LogP contribution in [0.15, 0.2) is 42.0 Å². The summed E-state index contributed by atoms with van der Waals surface area (Å²) in [5.74, 6) is 0.161. The second-order valence-corrected chi connectivity index (χ2v) is 7.15. The Hall–Kier alpha value is -2.00. The van der Waals surface area contributed by atoms with Crippen LogP contribution in [0.1, 0.15) is 15.9 Å². The molecule has 8 heteroatoms. The number of halogens is 2. The number of hydrogen-bond acceptors (Lipinski definition) is 5. The minimum absolute atomic E-state index is 0.0971. The average Bonchev–Trinajstić information content (AvgIpc) is 2.59. The van der Waals surface area contributed by atoms with Crippen LogP contribution in [0.5, 0.6) is 5.75 Å². The van der Waals surface area contributed by atoms with Crippen molar-refractivity contribution < 1.29 is 14.5 Å². The highest BCUT2D eigenvalue weighted by atomic mass is 127. The molecular weight excluding hydrogens is 550 g/mol. The van der Waals surface area contributed by atoms with Gasteiger partial charge in [0.25, 0.3) is 5.69 Å². The Balaban J connectivity index is 2.44. The molecule has 0 amide bonds. The van der Waals surface area contributed by atoms with Gasteiger partial charge in [0.1, 0.15) is 17.4 Å². The standard InChI is InChI=1S/C17H10I2N2O4/c1-25-17-14(18)6-10(7-15(17)19)5-12(9-20)16(22)11-3-2-4-13(8-11)21(23)24/h2-8H,1H3/b12-5+. The van der Waals surface area contributed by atoms with E-state index in [1.807, 2.05) is 6.07 Å². The first kappa shape index (κ1) is 19.3. The van der Waals surface area contributed by atoms with E-state index in [9.17, 15) is 20.2 Å². The number of ether oxygens (including phenoxy) is 1. The SMILES string of the molecule is COc1c(I)cc(/C=C(\C#N)C(=O)c2cccc([N+](=O)[O-])c2)cc1I. The number of benzene rings is 2. The van der Waals surface area contributed by atoms with Crippen LogP contribution in [0.3, 0.4) is 0 Å². The first-order valence-corrected chi connectivity index (χ1v) is 8.97. The highest BCUT2D eigenvalue weighted by Crippen LogP contribution is 2.29. The first-order valence-electron chi connectivity index (χ1n) is 6.81. The number of nitriles is 1. The summed E-state index contributed by atoms with van der Waals surface area (Å²) in [6.07, 6.45) is 1.46. The third-order valence-electron chi connectivity index (χ3n) is 3.22. The molecule has 0 aliphatic rings. The third-order valence-corrected chi connectivity index (χ3v) is 4.82. The van der Waals surface area contributed by atoms with Crippen LogP contribution >= 0.6 is 45.2 Å². The van der Waals surface area contributed by atoms with E-state index in [4.69, 9.17) is 4.74 Å². The van der Waals surface area contributed by atoms with Crippen LogP contribution in [-0.2, 0) is 0 Å². The van der Waals surface area contributed by atoms with Crippen LogP contribution in [0, 0.1) is 28.6 Å². The smallest absolute Gasteiger partial charge is 0.270 e. The van der Waals surface area contributed by atoms with Crippen molar-refractivity contribution in [1.82, 2.24) is 0 Å². The van der Waals surface area contributed by atoms with Crippen molar-refractivity contribution in [2.24, 2.45) is 0 Å². The summed E-state index contributed by atoms with van der Waals surface area (Å²) in [5, 5.41) is 20.2. The summed E-state index contributed by atoms with van der Waals surface area (Å²) in [6, 6.07) is 10.8. The molecule has 25 heavy (non-hydrogen) atoms. The number of nitro benzene ring substituents is 1. The van der Waals surface area contributed by atoms with Crippen molar-refractivity contribution >= 4 is 62.7 Å². The number of Topliss-reactive ketones (excluding diaryl/α,β-unsaturated/α-hetero) is 1. The van der Waals surface area contributed by atoms with Crippen molar-refractivity contribution in [3.05, 3.63) is 70.4 Å². The zero-order valence-electron chi connectivity index (χ0n) is 12.8. The molecule has 0 heterocycles. The molecule has 0 saturated carbocycles. The van der Waals surface area contributed by atoms with Gasteiger partial charge in [0.05, 0.1) is 19.2 Å². The van der Waals surface area contributed by atoms with Crippen LogP contribution in [0.4, 0.5) is 5.69 Å². The second kappa shape index (κ2) is 8.39. The maximum Gasteiger partial charge on any atom is 0.270 e. The van der Waals surface area contributed by atoms with Crippen molar-refractivity contribution in [2.45, 2.75) is 0 Å². The van der Waals surface area contributed by atoms with Crippen molar-refractivity contribution in [1.29, 1.82) is 5.26 Å². The summed E-state index contributed by atoms with van der Waals surface area (Å²) in [7, 11) is 1.57. The second-order valence-electron chi connectivity index (χ2n) is 4.82. The Morgan fingerprint density at radius 3 is 2.44 bits per heavy atom. The maximum atomic E-state index is 12.5. The Labute approximate surface area is 170 Å². The Morgan fingerprint density at radius 2 is 1.92 bits per heavy atom. The topological polar surface area (TPSA) is 93.2 Å². The molecule has 2 aromatic rings. The molecule has 0 spiro atoms. The van der Waals surface area contributed by atoms with E-state index in [0.717, 1.165) is 19.0 Å². The molecule has 0 N–H and O–H groups in total. The quantitative estimate of drug-likeness (QED) is 0.133. The molecular formula is C17H10I2N2O4. The number of allylic oxidation sites excluding steroid dienone is 1.